The topological polar surface area (TPSA) is 130 Å². The largest absolute Gasteiger partial charge is 0.494 e. The molecule has 0 saturated carbocycles. The van der Waals surface area contributed by atoms with E-state index in [1.54, 1.807) is 50.0 Å². The third kappa shape index (κ3) is 4.67. The number of rotatable bonds is 8. The number of nitrogens with zero attached hydrogens (tertiary/aromatic N) is 3. The molecule has 5 rings (SSSR count). The van der Waals surface area contributed by atoms with Crippen molar-refractivity contribution in [2.45, 2.75) is 37.7 Å². The summed E-state index contributed by atoms with van der Waals surface area (Å²) in [4.78, 5) is 30.3. The number of methoxy groups -OCH3 is 1. The minimum atomic E-state index is -1.59. The van der Waals surface area contributed by atoms with E-state index in [1.807, 2.05) is 0 Å². The zero-order valence-electron chi connectivity index (χ0n) is 22.4. The summed E-state index contributed by atoms with van der Waals surface area (Å²) in [6.07, 6.45) is 1.80. The fourth-order valence-corrected chi connectivity index (χ4v) is 5.05. The van der Waals surface area contributed by atoms with Crippen LogP contribution < -0.4 is 15.2 Å². The second kappa shape index (κ2) is 9.87. The summed E-state index contributed by atoms with van der Waals surface area (Å²) in [6.45, 7) is 3.16. The molecule has 208 valence electrons. The van der Waals surface area contributed by atoms with Crippen molar-refractivity contribution >= 4 is 34.2 Å². The normalized spacial score (nSPS) is 17.8. The van der Waals surface area contributed by atoms with Gasteiger partial charge in [-0.15, -0.1) is 0 Å². The van der Waals surface area contributed by atoms with Crippen molar-refractivity contribution in [2.75, 3.05) is 13.7 Å². The Morgan fingerprint density at radius 1 is 1.30 bits per heavy atom. The van der Waals surface area contributed by atoms with Crippen LogP contribution in [-0.4, -0.2) is 45.3 Å². The number of ether oxygens (including phenoxy) is 2. The maximum absolute atomic E-state index is 13.9. The van der Waals surface area contributed by atoms with Gasteiger partial charge in [0.05, 0.1) is 17.8 Å². The van der Waals surface area contributed by atoms with Crippen LogP contribution in [0, 0.1) is 5.82 Å². The van der Waals surface area contributed by atoms with Crippen molar-refractivity contribution in [2.24, 2.45) is 12.8 Å². The maximum atomic E-state index is 13.9. The first-order valence-corrected chi connectivity index (χ1v) is 12.9. The van der Waals surface area contributed by atoms with E-state index in [4.69, 9.17) is 26.8 Å². The van der Waals surface area contributed by atoms with E-state index in [0.717, 1.165) is 5.39 Å². The van der Waals surface area contributed by atoms with Crippen molar-refractivity contribution < 1.29 is 28.6 Å². The van der Waals surface area contributed by atoms with Crippen LogP contribution in [0.4, 0.5) is 4.39 Å². The molecule has 40 heavy (non-hydrogen) atoms. The van der Waals surface area contributed by atoms with Crippen LogP contribution in [0.1, 0.15) is 48.3 Å². The van der Waals surface area contributed by atoms with Crippen molar-refractivity contribution in [3.05, 3.63) is 70.3 Å². The lowest BCUT2D eigenvalue weighted by atomic mass is 9.81. The number of fused-ring (bicyclic) bond motifs is 2. The number of carbonyl (C=O) groups is 2. The zero-order chi connectivity index (χ0) is 29.0. The van der Waals surface area contributed by atoms with Gasteiger partial charge in [0.15, 0.2) is 5.78 Å². The number of carbonyl (C=O) groups excluding carboxylic acids is 2. The molecule has 0 spiro atoms. The molecular weight excluding hydrogens is 539 g/mol. The number of ketones is 1. The number of nitrogens with two attached hydrogens (primary N) is 1. The summed E-state index contributed by atoms with van der Waals surface area (Å²) in [6, 6.07) is 9.03. The van der Waals surface area contributed by atoms with Crippen LogP contribution >= 0.6 is 11.6 Å². The smallest absolute Gasteiger partial charge is 0.231 e. The van der Waals surface area contributed by atoms with Gasteiger partial charge in [-0.1, -0.05) is 11.6 Å². The fraction of sp³-hybridized carbons (Fsp3) is 0.310. The number of benzene rings is 2. The monoisotopic (exact) mass is 566 g/mol. The number of hydrogen-bond acceptors (Lipinski definition) is 7. The molecule has 3 N–H and O–H groups in total. The lowest BCUT2D eigenvalue weighted by molar-refractivity contribution is -0.123. The second-order valence-electron chi connectivity index (χ2n) is 10.5. The van der Waals surface area contributed by atoms with Crippen LogP contribution in [0.5, 0.6) is 11.5 Å². The molecule has 1 aliphatic heterocycles. The van der Waals surface area contributed by atoms with Crippen LogP contribution in [0.25, 0.3) is 22.2 Å². The van der Waals surface area contributed by atoms with E-state index < -0.39 is 22.7 Å². The molecule has 1 amide bonds. The first-order valence-electron chi connectivity index (χ1n) is 12.5. The number of halogens is 2. The number of aliphatic hydroxyl groups is 1. The first kappa shape index (κ1) is 27.5. The van der Waals surface area contributed by atoms with Crippen molar-refractivity contribution in [3.8, 4) is 22.8 Å². The van der Waals surface area contributed by atoms with Gasteiger partial charge < -0.3 is 20.3 Å². The Balaban J connectivity index is 1.51. The van der Waals surface area contributed by atoms with Gasteiger partial charge in [-0.2, -0.15) is 5.10 Å². The highest BCUT2D eigenvalue weighted by molar-refractivity contribution is 6.31. The van der Waals surface area contributed by atoms with E-state index in [0.29, 0.717) is 33.7 Å². The van der Waals surface area contributed by atoms with E-state index in [-0.39, 0.29) is 41.6 Å². The standard InChI is InChI=1S/C29H28ClFN4O5/c1-28(27(32)37)14-40-26-18(28)12-23(33-25(26)15-5-6-20(31)19(30)10-15)29(2,38)8-7-21(36)16-9-17-13-35(3)34-24(17)22(11-16)39-4/h5-6,9-13,38H,7-8,14H2,1-4H3,(H2,32,37)/t28-,29-/m0/s1. The summed E-state index contributed by atoms with van der Waals surface area (Å²) in [5.41, 5.74) is 5.37. The molecular formula is C29H28ClFN4O5. The highest BCUT2D eigenvalue weighted by Crippen LogP contribution is 2.46. The molecule has 3 heterocycles. The van der Waals surface area contributed by atoms with Crippen LogP contribution in [0.3, 0.4) is 0 Å². The number of pyridine rings is 1. The molecule has 1 aliphatic rings. The summed E-state index contributed by atoms with van der Waals surface area (Å²) in [5.74, 6) is -0.645. The minimum absolute atomic E-state index is 0.0119. The Hall–Kier alpha value is -4.02. The van der Waals surface area contributed by atoms with Gasteiger partial charge in [-0.05, 0) is 56.7 Å². The first-order chi connectivity index (χ1) is 18.8. The summed E-state index contributed by atoms with van der Waals surface area (Å²) in [5, 5.41) is 16.6. The Morgan fingerprint density at radius 2 is 2.05 bits per heavy atom. The van der Waals surface area contributed by atoms with Crippen molar-refractivity contribution in [1.82, 2.24) is 14.8 Å². The molecule has 2 atom stereocenters. The Morgan fingerprint density at radius 3 is 2.73 bits per heavy atom. The average Bonchev–Trinajstić information content (AvgIpc) is 3.47. The van der Waals surface area contributed by atoms with Gasteiger partial charge in [-0.25, -0.2) is 9.37 Å². The number of aryl methyl sites for hydroxylation is 1. The van der Waals surface area contributed by atoms with E-state index in [2.05, 4.69) is 10.1 Å². The van der Waals surface area contributed by atoms with Gasteiger partial charge in [0, 0.05) is 41.7 Å². The average molecular weight is 567 g/mol. The van der Waals surface area contributed by atoms with Crippen LogP contribution in [0.15, 0.2) is 42.6 Å². The molecule has 11 heteroatoms. The quantitative estimate of drug-likeness (QED) is 0.302. The second-order valence-corrected chi connectivity index (χ2v) is 10.9. The SMILES string of the molecule is COc1cc(C(=O)CC[C@](C)(O)c2cc3c(c(-c4ccc(F)c(Cl)c4)n2)OC[C@]3(C)C(N)=O)cc2cn(C)nc12. The Bertz CT molecular complexity index is 1680. The zero-order valence-corrected chi connectivity index (χ0v) is 23.2. The predicted molar refractivity (Wildman–Crippen MR) is 147 cm³/mol. The highest BCUT2D eigenvalue weighted by Gasteiger charge is 2.45. The van der Waals surface area contributed by atoms with E-state index >= 15 is 0 Å². The lowest BCUT2D eigenvalue weighted by Crippen LogP contribution is -2.40. The molecule has 2 aromatic carbocycles. The highest BCUT2D eigenvalue weighted by atomic mass is 35.5. The van der Waals surface area contributed by atoms with Crippen molar-refractivity contribution in [1.29, 1.82) is 0 Å². The Labute approximate surface area is 234 Å². The summed E-state index contributed by atoms with van der Waals surface area (Å²) in [7, 11) is 3.29. The maximum Gasteiger partial charge on any atom is 0.231 e. The van der Waals surface area contributed by atoms with E-state index in [1.165, 1.54) is 25.3 Å². The molecule has 0 saturated heterocycles. The number of hydrogen-bond donors (Lipinski definition) is 2. The van der Waals surface area contributed by atoms with Crippen LogP contribution in [-0.2, 0) is 22.9 Å². The summed E-state index contributed by atoms with van der Waals surface area (Å²) >= 11 is 6.03. The number of Topliss-reactive ketones (excluding diaryl/α,β-unsaturated/α-hetero) is 1. The fourth-order valence-electron chi connectivity index (χ4n) is 4.87. The summed E-state index contributed by atoms with van der Waals surface area (Å²) < 4.78 is 26.8. The molecule has 0 bridgehead atoms. The molecule has 2 aromatic heterocycles. The third-order valence-corrected chi connectivity index (χ3v) is 7.72. The van der Waals surface area contributed by atoms with Gasteiger partial charge in [-0.3, -0.25) is 14.3 Å². The van der Waals surface area contributed by atoms with Gasteiger partial charge in [0.2, 0.25) is 5.91 Å². The molecule has 0 fully saturated rings. The molecule has 0 radical (unpaired) electrons. The van der Waals surface area contributed by atoms with Gasteiger partial charge >= 0.3 is 0 Å². The van der Waals surface area contributed by atoms with Crippen molar-refractivity contribution in [3.63, 3.8) is 0 Å². The predicted octanol–water partition coefficient (Wildman–Crippen LogP) is 4.44. The van der Waals surface area contributed by atoms with E-state index in [9.17, 15) is 19.1 Å². The lowest BCUT2D eigenvalue weighted by Gasteiger charge is -2.26. The number of primary amides is 1. The van der Waals surface area contributed by atoms with Gasteiger partial charge in [0.25, 0.3) is 0 Å². The third-order valence-electron chi connectivity index (χ3n) is 7.43. The number of aromatic nitrogens is 3. The Kier molecular flexibility index (Phi) is 6.79. The molecule has 4 aromatic rings. The molecule has 9 nitrogen and oxygen atoms in total. The minimum Gasteiger partial charge on any atom is -0.494 e. The van der Waals surface area contributed by atoms with Gasteiger partial charge in [0.1, 0.15) is 46.1 Å². The number of amides is 1. The molecule has 0 aliphatic carbocycles. The molecule has 0 unspecified atom stereocenters. The van der Waals surface area contributed by atoms with Crippen LogP contribution in [0.2, 0.25) is 5.02 Å².